The number of aryl methyl sites for hydroxylation is 2. The van der Waals surface area contributed by atoms with Crippen molar-refractivity contribution >= 4 is 35.2 Å². The second-order valence-corrected chi connectivity index (χ2v) is 12.9. The molecule has 0 N–H and O–H groups in total. The highest BCUT2D eigenvalue weighted by molar-refractivity contribution is 7.17. The van der Waals surface area contributed by atoms with Crippen LogP contribution >= 0.6 is 22.7 Å². The Morgan fingerprint density at radius 2 is 1.43 bits per heavy atom. The van der Waals surface area contributed by atoms with Crippen LogP contribution in [-0.4, -0.2) is 12.6 Å². The molecule has 1 aliphatic carbocycles. The molecule has 3 aromatic carbocycles. The number of benzene rings is 3. The van der Waals surface area contributed by atoms with E-state index in [1.54, 1.807) is 11.3 Å². The fourth-order valence-electron chi connectivity index (χ4n) is 6.14. The van der Waals surface area contributed by atoms with Gasteiger partial charge in [-0.1, -0.05) is 92.4 Å². The largest absolute Gasteiger partial charge is 0.297 e. The van der Waals surface area contributed by atoms with Gasteiger partial charge >= 0.3 is 0 Å². The van der Waals surface area contributed by atoms with E-state index in [0.717, 1.165) is 44.1 Å². The molecule has 200 valence electrons. The summed E-state index contributed by atoms with van der Waals surface area (Å²) in [5, 5.41) is 0. The molecule has 0 amide bonds. The van der Waals surface area contributed by atoms with Crippen molar-refractivity contribution in [1.29, 1.82) is 0 Å². The highest BCUT2D eigenvalue weighted by Crippen LogP contribution is 2.59. The summed E-state index contributed by atoms with van der Waals surface area (Å²) in [5.74, 6) is 0. The molecule has 2 nitrogen and oxygen atoms in total. The maximum Gasteiger partial charge on any atom is 0.160 e. The van der Waals surface area contributed by atoms with Gasteiger partial charge in [0.15, 0.2) is 12.6 Å². The average molecular weight is 561 g/mol. The zero-order valence-electron chi connectivity index (χ0n) is 22.9. The number of unbranched alkanes of at least 4 members (excludes halogenated alkanes) is 3. The van der Waals surface area contributed by atoms with Crippen molar-refractivity contribution in [3.8, 4) is 20.9 Å². The second-order valence-electron chi connectivity index (χ2n) is 10.7. The molecule has 0 spiro atoms. The molecule has 5 aromatic rings. The summed E-state index contributed by atoms with van der Waals surface area (Å²) in [5.41, 5.74) is 9.12. The third kappa shape index (κ3) is 4.49. The molecular formula is C36H32O2S2. The van der Waals surface area contributed by atoms with Gasteiger partial charge in [0.1, 0.15) is 0 Å². The van der Waals surface area contributed by atoms with E-state index in [9.17, 15) is 9.59 Å². The van der Waals surface area contributed by atoms with E-state index in [4.69, 9.17) is 0 Å². The molecule has 40 heavy (non-hydrogen) atoms. The van der Waals surface area contributed by atoms with Gasteiger partial charge in [0, 0.05) is 9.75 Å². The molecule has 2 aromatic heterocycles. The Balaban J connectivity index is 1.57. The average Bonchev–Trinajstić information content (AvgIpc) is 3.70. The molecule has 4 heteroatoms. The van der Waals surface area contributed by atoms with Crippen LogP contribution in [0.3, 0.4) is 0 Å². The van der Waals surface area contributed by atoms with Gasteiger partial charge in [-0.05, 0) is 83.0 Å². The number of thiophene rings is 2. The quantitative estimate of drug-likeness (QED) is 0.123. The third-order valence-corrected chi connectivity index (χ3v) is 10.3. The standard InChI is InChI=1S/C36H32O2S2/c1-3-4-5-6-7-25-10-15-28(16-11-25)36(27-13-8-24(2)9-14-27)32-20-26(34-19-17-29(22-37)39-34)12-18-31(32)35-33(36)21-30(23-38)40-35/h8-23H,3-7H2,1-2H3. The number of hydrogen-bond acceptors (Lipinski definition) is 4. The van der Waals surface area contributed by atoms with Crippen molar-refractivity contribution in [3.63, 3.8) is 0 Å². The van der Waals surface area contributed by atoms with Crippen LogP contribution in [0.4, 0.5) is 0 Å². The zero-order chi connectivity index (χ0) is 27.7. The molecule has 6 rings (SSSR count). The van der Waals surface area contributed by atoms with Crippen LogP contribution < -0.4 is 0 Å². The minimum Gasteiger partial charge on any atom is -0.297 e. The van der Waals surface area contributed by atoms with Crippen molar-refractivity contribution in [3.05, 3.63) is 128 Å². The Morgan fingerprint density at radius 3 is 2.10 bits per heavy atom. The highest BCUT2D eigenvalue weighted by atomic mass is 32.1. The summed E-state index contributed by atoms with van der Waals surface area (Å²) in [6.07, 6.45) is 7.99. The van der Waals surface area contributed by atoms with Gasteiger partial charge in [-0.3, -0.25) is 9.59 Å². The van der Waals surface area contributed by atoms with E-state index in [2.05, 4.69) is 86.6 Å². The first kappa shape index (κ1) is 26.6. The van der Waals surface area contributed by atoms with Gasteiger partial charge in [0.2, 0.25) is 0 Å². The first-order chi connectivity index (χ1) is 19.6. The predicted molar refractivity (Wildman–Crippen MR) is 168 cm³/mol. The molecule has 0 bridgehead atoms. The van der Waals surface area contributed by atoms with Gasteiger partial charge in [0.25, 0.3) is 0 Å². The predicted octanol–water partition coefficient (Wildman–Crippen LogP) is 9.90. The molecular weight excluding hydrogens is 529 g/mol. The highest BCUT2D eigenvalue weighted by Gasteiger charge is 2.47. The van der Waals surface area contributed by atoms with E-state index in [1.165, 1.54) is 76.0 Å². The molecule has 0 saturated heterocycles. The monoisotopic (exact) mass is 560 g/mol. The van der Waals surface area contributed by atoms with Crippen molar-refractivity contribution in [1.82, 2.24) is 0 Å². The second kappa shape index (κ2) is 11.1. The van der Waals surface area contributed by atoms with E-state index < -0.39 is 5.41 Å². The first-order valence-electron chi connectivity index (χ1n) is 14.0. The Kier molecular flexibility index (Phi) is 7.39. The van der Waals surface area contributed by atoms with Crippen LogP contribution in [0.2, 0.25) is 0 Å². The Morgan fingerprint density at radius 1 is 0.700 bits per heavy atom. The van der Waals surface area contributed by atoms with Gasteiger partial charge in [-0.15, -0.1) is 22.7 Å². The molecule has 0 radical (unpaired) electrons. The number of hydrogen-bond donors (Lipinski definition) is 0. The maximum atomic E-state index is 12.0. The number of carbonyl (C=O) groups excluding carboxylic acids is 2. The van der Waals surface area contributed by atoms with E-state index in [0.29, 0.717) is 0 Å². The minimum absolute atomic E-state index is 0.544. The number of aldehydes is 2. The maximum absolute atomic E-state index is 12.0. The molecule has 1 atom stereocenters. The van der Waals surface area contributed by atoms with Crippen molar-refractivity contribution in [2.75, 3.05) is 0 Å². The Hall–Kier alpha value is -3.60. The summed E-state index contributed by atoms with van der Waals surface area (Å²) >= 11 is 3.09. The molecule has 1 aliphatic rings. The topological polar surface area (TPSA) is 34.1 Å². The van der Waals surface area contributed by atoms with Crippen molar-refractivity contribution in [2.24, 2.45) is 0 Å². The van der Waals surface area contributed by atoms with Crippen LogP contribution in [0, 0.1) is 6.92 Å². The fourth-order valence-corrected chi connectivity index (χ4v) is 8.03. The molecule has 0 aliphatic heterocycles. The van der Waals surface area contributed by atoms with Crippen LogP contribution in [0.5, 0.6) is 0 Å². The first-order valence-corrected chi connectivity index (χ1v) is 15.7. The molecule has 1 unspecified atom stereocenters. The summed E-state index contributed by atoms with van der Waals surface area (Å²) < 4.78 is 0. The van der Waals surface area contributed by atoms with Crippen LogP contribution in [0.15, 0.2) is 84.9 Å². The number of rotatable bonds is 10. The van der Waals surface area contributed by atoms with Gasteiger partial charge in [0.05, 0.1) is 15.2 Å². The normalized spacial score (nSPS) is 15.6. The fraction of sp³-hybridized carbons (Fsp3) is 0.222. The van der Waals surface area contributed by atoms with Gasteiger partial charge in [-0.25, -0.2) is 0 Å². The molecule has 0 fully saturated rings. The summed E-state index contributed by atoms with van der Waals surface area (Å²) in [7, 11) is 0. The van der Waals surface area contributed by atoms with E-state index >= 15 is 0 Å². The van der Waals surface area contributed by atoms with Crippen LogP contribution in [0.1, 0.15) is 85.3 Å². The van der Waals surface area contributed by atoms with Crippen LogP contribution in [-0.2, 0) is 11.8 Å². The number of carbonyl (C=O) groups is 2. The summed E-state index contributed by atoms with van der Waals surface area (Å²) in [6.45, 7) is 4.37. The third-order valence-electron chi connectivity index (χ3n) is 8.16. The van der Waals surface area contributed by atoms with Crippen LogP contribution in [0.25, 0.3) is 20.9 Å². The Labute approximate surface area is 244 Å². The van der Waals surface area contributed by atoms with Gasteiger partial charge < -0.3 is 0 Å². The lowest BCUT2D eigenvalue weighted by molar-refractivity contribution is 0.111. The lowest BCUT2D eigenvalue weighted by atomic mass is 9.67. The molecule has 2 heterocycles. The zero-order valence-corrected chi connectivity index (χ0v) is 24.5. The lowest BCUT2D eigenvalue weighted by Crippen LogP contribution is -2.28. The van der Waals surface area contributed by atoms with E-state index in [-0.39, 0.29) is 0 Å². The van der Waals surface area contributed by atoms with Crippen molar-refractivity contribution < 1.29 is 9.59 Å². The summed E-state index contributed by atoms with van der Waals surface area (Å²) in [4.78, 5) is 27.1. The number of fused-ring (bicyclic) bond motifs is 3. The smallest absolute Gasteiger partial charge is 0.160 e. The molecule has 0 saturated carbocycles. The Bertz CT molecular complexity index is 1670. The van der Waals surface area contributed by atoms with Crippen molar-refractivity contribution in [2.45, 2.75) is 51.4 Å². The SMILES string of the molecule is CCCCCCc1ccc(C2(c3ccc(C)cc3)c3cc(-c4ccc(C=O)s4)ccc3-c3sc(C=O)cc32)cc1. The van der Waals surface area contributed by atoms with E-state index in [1.807, 2.05) is 12.1 Å². The van der Waals surface area contributed by atoms with Gasteiger partial charge in [-0.2, -0.15) is 0 Å². The minimum atomic E-state index is -0.544. The summed E-state index contributed by atoms with van der Waals surface area (Å²) in [6, 6.07) is 30.7. The lowest BCUT2D eigenvalue weighted by Gasteiger charge is -2.34.